The molecule has 112 valence electrons. The SMILES string of the molecule is CCC(C)(NC(=O)C1=Cc2cc(Cl)ccc2OC1)C(=O)O. The molecule has 1 aliphatic rings. The number of fused-ring (bicyclic) bond motifs is 1. The molecule has 0 bridgehead atoms. The standard InChI is InChI=1S/C15H16ClNO4/c1-3-15(2,14(19)20)17-13(18)10-6-9-7-11(16)4-5-12(9)21-8-10/h4-7H,3,8H2,1-2H3,(H,17,18)(H,19,20). The quantitative estimate of drug-likeness (QED) is 0.896. The van der Waals surface area contributed by atoms with Crippen molar-refractivity contribution >= 4 is 29.6 Å². The minimum Gasteiger partial charge on any atom is -0.488 e. The zero-order valence-corrected chi connectivity index (χ0v) is 12.5. The fourth-order valence-electron chi connectivity index (χ4n) is 1.90. The van der Waals surface area contributed by atoms with Gasteiger partial charge in [-0.15, -0.1) is 0 Å². The Morgan fingerprint density at radius 2 is 2.19 bits per heavy atom. The van der Waals surface area contributed by atoms with Crippen molar-refractivity contribution in [1.29, 1.82) is 0 Å². The number of nitrogens with one attached hydrogen (secondary N) is 1. The van der Waals surface area contributed by atoms with Crippen molar-refractivity contribution in [2.75, 3.05) is 6.61 Å². The number of carbonyl (C=O) groups excluding carboxylic acids is 1. The van der Waals surface area contributed by atoms with Crippen LogP contribution in [-0.4, -0.2) is 29.1 Å². The number of halogens is 1. The lowest BCUT2D eigenvalue weighted by atomic mass is 9.98. The van der Waals surface area contributed by atoms with Gasteiger partial charge >= 0.3 is 5.97 Å². The van der Waals surface area contributed by atoms with Gasteiger partial charge in [0.05, 0.1) is 5.57 Å². The molecule has 1 aliphatic heterocycles. The van der Waals surface area contributed by atoms with Crippen molar-refractivity contribution in [3.63, 3.8) is 0 Å². The van der Waals surface area contributed by atoms with E-state index in [2.05, 4.69) is 5.32 Å². The lowest BCUT2D eigenvalue weighted by Crippen LogP contribution is -2.52. The largest absolute Gasteiger partial charge is 0.488 e. The van der Waals surface area contributed by atoms with E-state index in [-0.39, 0.29) is 13.0 Å². The zero-order valence-electron chi connectivity index (χ0n) is 11.8. The Labute approximate surface area is 127 Å². The lowest BCUT2D eigenvalue weighted by Gasteiger charge is -2.26. The van der Waals surface area contributed by atoms with Gasteiger partial charge in [0.2, 0.25) is 0 Å². The van der Waals surface area contributed by atoms with Gasteiger partial charge in [0, 0.05) is 10.6 Å². The summed E-state index contributed by atoms with van der Waals surface area (Å²) in [6.07, 6.45) is 1.95. The Bertz CT molecular complexity index is 626. The molecule has 5 nitrogen and oxygen atoms in total. The first-order valence-electron chi connectivity index (χ1n) is 6.54. The molecule has 0 spiro atoms. The van der Waals surface area contributed by atoms with E-state index < -0.39 is 17.4 Å². The van der Waals surface area contributed by atoms with E-state index in [1.165, 1.54) is 6.92 Å². The van der Waals surface area contributed by atoms with E-state index in [4.69, 9.17) is 16.3 Å². The highest BCUT2D eigenvalue weighted by Gasteiger charge is 2.34. The van der Waals surface area contributed by atoms with Gasteiger partial charge in [-0.3, -0.25) is 4.79 Å². The maximum atomic E-state index is 12.2. The third-order valence-corrected chi connectivity index (χ3v) is 3.78. The summed E-state index contributed by atoms with van der Waals surface area (Å²) in [5.41, 5.74) is -0.231. The van der Waals surface area contributed by atoms with Crippen LogP contribution in [0.25, 0.3) is 6.08 Å². The summed E-state index contributed by atoms with van der Waals surface area (Å²) >= 11 is 5.91. The predicted octanol–water partition coefficient (Wildman–Crippen LogP) is 2.49. The molecule has 2 N–H and O–H groups in total. The molecule has 1 heterocycles. The van der Waals surface area contributed by atoms with Crippen LogP contribution in [0.2, 0.25) is 5.02 Å². The Morgan fingerprint density at radius 1 is 1.48 bits per heavy atom. The monoisotopic (exact) mass is 309 g/mol. The Kier molecular flexibility index (Phi) is 4.23. The molecule has 1 aromatic rings. The minimum absolute atomic E-state index is 0.0971. The molecule has 1 aromatic carbocycles. The second-order valence-corrected chi connectivity index (χ2v) is 5.52. The summed E-state index contributed by atoms with van der Waals surface area (Å²) in [4.78, 5) is 23.4. The average Bonchev–Trinajstić information content (AvgIpc) is 2.45. The Hall–Kier alpha value is -2.01. The number of carboxylic acid groups (broad SMARTS) is 1. The van der Waals surface area contributed by atoms with E-state index in [0.29, 0.717) is 21.9 Å². The smallest absolute Gasteiger partial charge is 0.329 e. The normalized spacial score (nSPS) is 16.0. The van der Waals surface area contributed by atoms with E-state index in [9.17, 15) is 14.7 Å². The van der Waals surface area contributed by atoms with Crippen LogP contribution in [0.4, 0.5) is 0 Å². The Morgan fingerprint density at radius 3 is 2.81 bits per heavy atom. The van der Waals surface area contributed by atoms with Crippen LogP contribution < -0.4 is 10.1 Å². The summed E-state index contributed by atoms with van der Waals surface area (Å²) in [7, 11) is 0. The molecule has 6 heteroatoms. The van der Waals surface area contributed by atoms with Crippen LogP contribution in [0.3, 0.4) is 0 Å². The molecule has 0 fully saturated rings. The number of hydrogen-bond acceptors (Lipinski definition) is 3. The second kappa shape index (κ2) is 5.77. The van der Waals surface area contributed by atoms with Crippen molar-refractivity contribution in [2.45, 2.75) is 25.8 Å². The highest BCUT2D eigenvalue weighted by Crippen LogP contribution is 2.29. The van der Waals surface area contributed by atoms with Crippen LogP contribution in [0.15, 0.2) is 23.8 Å². The first-order valence-corrected chi connectivity index (χ1v) is 6.92. The minimum atomic E-state index is -1.30. The summed E-state index contributed by atoms with van der Waals surface area (Å²) < 4.78 is 5.49. The van der Waals surface area contributed by atoms with Crippen molar-refractivity contribution in [3.05, 3.63) is 34.4 Å². The Balaban J connectivity index is 2.23. The maximum absolute atomic E-state index is 12.2. The third kappa shape index (κ3) is 3.19. The fourth-order valence-corrected chi connectivity index (χ4v) is 2.08. The van der Waals surface area contributed by atoms with Gasteiger partial charge in [0.1, 0.15) is 17.9 Å². The van der Waals surface area contributed by atoms with Gasteiger partial charge in [0.15, 0.2) is 0 Å². The number of amides is 1. The average molecular weight is 310 g/mol. The van der Waals surface area contributed by atoms with Gasteiger partial charge in [-0.25, -0.2) is 4.79 Å². The van der Waals surface area contributed by atoms with Crippen LogP contribution in [-0.2, 0) is 9.59 Å². The molecule has 1 atom stereocenters. The summed E-state index contributed by atoms with van der Waals surface area (Å²) in [6.45, 7) is 3.28. The highest BCUT2D eigenvalue weighted by atomic mass is 35.5. The third-order valence-electron chi connectivity index (χ3n) is 3.54. The van der Waals surface area contributed by atoms with Gasteiger partial charge in [-0.05, 0) is 37.6 Å². The number of carboxylic acids is 1. The van der Waals surface area contributed by atoms with Crippen molar-refractivity contribution in [2.24, 2.45) is 0 Å². The molecule has 2 rings (SSSR count). The molecular formula is C15H16ClNO4. The summed E-state index contributed by atoms with van der Waals surface area (Å²) in [6, 6.07) is 5.13. The molecule has 21 heavy (non-hydrogen) atoms. The zero-order chi connectivity index (χ0) is 15.6. The first-order chi connectivity index (χ1) is 9.85. The number of ether oxygens (including phenoxy) is 1. The predicted molar refractivity (Wildman–Crippen MR) is 79.4 cm³/mol. The highest BCUT2D eigenvalue weighted by molar-refractivity contribution is 6.30. The van der Waals surface area contributed by atoms with Crippen LogP contribution in [0, 0.1) is 0 Å². The van der Waals surface area contributed by atoms with Gasteiger partial charge in [-0.1, -0.05) is 18.5 Å². The molecule has 0 radical (unpaired) electrons. The summed E-state index contributed by atoms with van der Waals surface area (Å²) in [5.74, 6) is -0.876. The molecular weight excluding hydrogens is 294 g/mol. The number of rotatable bonds is 4. The number of aliphatic carboxylic acids is 1. The second-order valence-electron chi connectivity index (χ2n) is 5.09. The molecule has 1 unspecified atom stereocenters. The van der Waals surface area contributed by atoms with Crippen molar-refractivity contribution < 1.29 is 19.4 Å². The fraction of sp³-hybridized carbons (Fsp3) is 0.333. The lowest BCUT2D eigenvalue weighted by molar-refractivity contribution is -0.146. The van der Waals surface area contributed by atoms with Crippen molar-refractivity contribution in [3.8, 4) is 5.75 Å². The van der Waals surface area contributed by atoms with E-state index >= 15 is 0 Å². The van der Waals surface area contributed by atoms with Crippen molar-refractivity contribution in [1.82, 2.24) is 5.32 Å². The molecule has 0 aromatic heterocycles. The number of hydrogen-bond donors (Lipinski definition) is 2. The molecule has 0 saturated heterocycles. The van der Waals surface area contributed by atoms with E-state index in [1.807, 2.05) is 0 Å². The topological polar surface area (TPSA) is 75.6 Å². The maximum Gasteiger partial charge on any atom is 0.329 e. The van der Waals surface area contributed by atoms with Crippen LogP contribution in [0.1, 0.15) is 25.8 Å². The molecule has 0 saturated carbocycles. The van der Waals surface area contributed by atoms with E-state index in [0.717, 1.165) is 0 Å². The van der Waals surface area contributed by atoms with Gasteiger partial charge in [0.25, 0.3) is 5.91 Å². The van der Waals surface area contributed by atoms with Crippen LogP contribution >= 0.6 is 11.6 Å². The van der Waals surface area contributed by atoms with Crippen LogP contribution in [0.5, 0.6) is 5.75 Å². The first kappa shape index (κ1) is 15.4. The summed E-state index contributed by atoms with van der Waals surface area (Å²) in [5, 5.41) is 12.3. The molecule has 1 amide bonds. The molecule has 0 aliphatic carbocycles. The van der Waals surface area contributed by atoms with E-state index in [1.54, 1.807) is 31.2 Å². The number of benzene rings is 1. The van der Waals surface area contributed by atoms with Gasteiger partial charge < -0.3 is 15.2 Å². The number of carbonyl (C=O) groups is 2. The van der Waals surface area contributed by atoms with Gasteiger partial charge in [-0.2, -0.15) is 0 Å².